The number of rotatable bonds is 16. The van der Waals surface area contributed by atoms with Gasteiger partial charge in [-0.05, 0) is 97.0 Å². The van der Waals surface area contributed by atoms with Crippen LogP contribution in [0.25, 0.3) is 11.1 Å². The largest absolute Gasteiger partial charge is 0.491 e. The lowest BCUT2D eigenvalue weighted by Crippen LogP contribution is -2.36. The zero-order valence-electron chi connectivity index (χ0n) is 30.2. The fourth-order valence-corrected chi connectivity index (χ4v) is 7.71. The summed E-state index contributed by atoms with van der Waals surface area (Å²) in [5, 5.41) is 0. The van der Waals surface area contributed by atoms with Crippen LogP contribution in [0.5, 0.6) is 5.75 Å². The monoisotopic (exact) mass is 700 g/mol. The van der Waals surface area contributed by atoms with E-state index in [2.05, 4.69) is 26.0 Å². The second-order valence-electron chi connectivity index (χ2n) is 14.5. The van der Waals surface area contributed by atoms with Crippen molar-refractivity contribution < 1.29 is 37.7 Å². The standard InChI is InChI=1S/C43H53FO7/c1-3-5-7-9-25-47-37-24-23-35(26-36(37)44)32-17-21-34(22-18-32)43(46)51-39-28-49-40-38(27-48-41(39)40)50-42(45)33-19-15-31(16-20-33)30-13-11-29(12-14-30)10-8-6-4-2/h15-24,26,29-30,38-41H,3-14,25,27-28H2,1-2H3/t29?,30?,38-,39+,40-,41-/m0/s1. The lowest BCUT2D eigenvalue weighted by atomic mass is 9.77. The minimum atomic E-state index is -0.629. The summed E-state index contributed by atoms with van der Waals surface area (Å²) >= 11 is 0. The van der Waals surface area contributed by atoms with E-state index in [1.807, 2.05) is 18.2 Å². The number of carbonyl (C=O) groups is 2. The van der Waals surface area contributed by atoms with Gasteiger partial charge in [-0.3, -0.25) is 0 Å². The third kappa shape index (κ3) is 9.58. The van der Waals surface area contributed by atoms with Crippen molar-refractivity contribution in [3.63, 3.8) is 0 Å². The molecular weight excluding hydrogens is 647 g/mol. The van der Waals surface area contributed by atoms with E-state index >= 15 is 0 Å². The number of carbonyl (C=O) groups excluding carboxylic acids is 2. The lowest BCUT2D eigenvalue weighted by molar-refractivity contribution is -0.0287. The van der Waals surface area contributed by atoms with Gasteiger partial charge in [-0.2, -0.15) is 0 Å². The van der Waals surface area contributed by atoms with Crippen LogP contribution in [0.1, 0.15) is 123 Å². The summed E-state index contributed by atoms with van der Waals surface area (Å²) in [5.74, 6) is 0.319. The highest BCUT2D eigenvalue weighted by molar-refractivity contribution is 5.90. The normalized spacial score (nSPS) is 24.2. The molecule has 0 aromatic heterocycles. The molecule has 8 heteroatoms. The first-order chi connectivity index (χ1) is 24.9. The molecule has 0 bridgehead atoms. The second kappa shape index (κ2) is 18.1. The third-order valence-electron chi connectivity index (χ3n) is 10.8. The van der Waals surface area contributed by atoms with Crippen molar-refractivity contribution in [2.24, 2.45) is 5.92 Å². The summed E-state index contributed by atoms with van der Waals surface area (Å²) in [6.45, 7) is 5.21. The summed E-state index contributed by atoms with van der Waals surface area (Å²) in [7, 11) is 0. The van der Waals surface area contributed by atoms with Crippen LogP contribution < -0.4 is 4.74 Å². The van der Waals surface area contributed by atoms with Crippen molar-refractivity contribution in [3.05, 3.63) is 89.2 Å². The predicted molar refractivity (Wildman–Crippen MR) is 195 cm³/mol. The Morgan fingerprint density at radius 3 is 1.84 bits per heavy atom. The van der Waals surface area contributed by atoms with Crippen molar-refractivity contribution >= 4 is 11.9 Å². The molecule has 3 aromatic carbocycles. The quantitative estimate of drug-likeness (QED) is 0.109. The van der Waals surface area contributed by atoms with E-state index in [0.29, 0.717) is 29.2 Å². The molecule has 0 amide bonds. The molecule has 3 aliphatic rings. The number of unbranched alkanes of at least 4 members (excludes halogenated alkanes) is 5. The Kier molecular flexibility index (Phi) is 13.2. The molecule has 1 aliphatic carbocycles. The van der Waals surface area contributed by atoms with E-state index in [1.165, 1.54) is 63.0 Å². The summed E-state index contributed by atoms with van der Waals surface area (Å²) in [5.41, 5.74) is 3.61. The maximum absolute atomic E-state index is 14.7. The Hall–Kier alpha value is -3.75. The molecule has 0 N–H and O–H groups in total. The van der Waals surface area contributed by atoms with Gasteiger partial charge in [-0.15, -0.1) is 0 Å². The number of hydrogen-bond donors (Lipinski definition) is 0. The molecule has 3 fully saturated rings. The minimum absolute atomic E-state index is 0.148. The molecule has 4 atom stereocenters. The van der Waals surface area contributed by atoms with Crippen LogP contribution >= 0.6 is 0 Å². The Morgan fingerprint density at radius 2 is 1.25 bits per heavy atom. The number of ether oxygens (including phenoxy) is 5. The molecule has 2 heterocycles. The van der Waals surface area contributed by atoms with Crippen molar-refractivity contribution in [1.29, 1.82) is 0 Å². The van der Waals surface area contributed by atoms with Gasteiger partial charge in [0.2, 0.25) is 0 Å². The van der Waals surface area contributed by atoms with E-state index in [4.69, 9.17) is 23.7 Å². The number of benzene rings is 3. The molecule has 6 rings (SSSR count). The number of fused-ring (bicyclic) bond motifs is 1. The topological polar surface area (TPSA) is 80.3 Å². The van der Waals surface area contributed by atoms with Gasteiger partial charge < -0.3 is 23.7 Å². The van der Waals surface area contributed by atoms with Crippen LogP contribution in [-0.2, 0) is 18.9 Å². The molecular formula is C43H53FO7. The highest BCUT2D eigenvalue weighted by Gasteiger charge is 2.51. The van der Waals surface area contributed by atoms with Crippen LogP contribution in [0, 0.1) is 11.7 Å². The van der Waals surface area contributed by atoms with Gasteiger partial charge in [-0.1, -0.05) is 89.1 Å². The smallest absolute Gasteiger partial charge is 0.338 e. The SMILES string of the molecule is CCCCCCOc1ccc(-c2ccc(C(=O)O[C@@H]3CO[C@@H]4[C@H]3OC[C@@H]4OC(=O)c3ccc(C4CCC(CCCCC)CC4)cc3)cc2)cc1F. The lowest BCUT2D eigenvalue weighted by Gasteiger charge is -2.29. The van der Waals surface area contributed by atoms with E-state index in [9.17, 15) is 14.0 Å². The van der Waals surface area contributed by atoms with Crippen molar-refractivity contribution in [1.82, 2.24) is 0 Å². The molecule has 2 aliphatic heterocycles. The first-order valence-corrected chi connectivity index (χ1v) is 19.2. The molecule has 7 nitrogen and oxygen atoms in total. The average Bonchev–Trinajstić information content (AvgIpc) is 3.75. The number of esters is 2. The van der Waals surface area contributed by atoms with Crippen molar-refractivity contribution in [2.75, 3.05) is 19.8 Å². The van der Waals surface area contributed by atoms with Crippen LogP contribution in [-0.4, -0.2) is 56.2 Å². The minimum Gasteiger partial charge on any atom is -0.491 e. The first kappa shape index (κ1) is 37.0. The maximum Gasteiger partial charge on any atom is 0.338 e. The van der Waals surface area contributed by atoms with Crippen molar-refractivity contribution in [2.45, 2.75) is 121 Å². The zero-order valence-corrected chi connectivity index (χ0v) is 30.2. The molecule has 0 spiro atoms. The van der Waals surface area contributed by atoms with Gasteiger partial charge in [0.05, 0.1) is 30.9 Å². The Labute approximate surface area is 302 Å². The van der Waals surface area contributed by atoms with Crippen LogP contribution in [0.15, 0.2) is 66.7 Å². The maximum atomic E-state index is 14.7. The van der Waals surface area contributed by atoms with Gasteiger partial charge in [-0.25, -0.2) is 14.0 Å². The highest BCUT2D eigenvalue weighted by atomic mass is 19.1. The molecule has 2 saturated heterocycles. The molecule has 274 valence electrons. The Balaban J connectivity index is 0.955. The molecule has 51 heavy (non-hydrogen) atoms. The summed E-state index contributed by atoms with van der Waals surface area (Å²) in [4.78, 5) is 26.1. The van der Waals surface area contributed by atoms with Gasteiger partial charge in [0.1, 0.15) is 12.2 Å². The molecule has 3 aromatic rings. The molecule has 0 radical (unpaired) electrons. The summed E-state index contributed by atoms with van der Waals surface area (Å²) in [6, 6.07) is 19.6. The summed E-state index contributed by atoms with van der Waals surface area (Å²) < 4.78 is 43.8. The van der Waals surface area contributed by atoms with E-state index in [-0.39, 0.29) is 19.0 Å². The second-order valence-corrected chi connectivity index (χ2v) is 14.5. The van der Waals surface area contributed by atoms with E-state index in [1.54, 1.807) is 30.3 Å². The Morgan fingerprint density at radius 1 is 0.686 bits per heavy atom. The van der Waals surface area contributed by atoms with Gasteiger partial charge in [0.15, 0.2) is 23.8 Å². The van der Waals surface area contributed by atoms with Crippen LogP contribution in [0.2, 0.25) is 0 Å². The van der Waals surface area contributed by atoms with Gasteiger partial charge >= 0.3 is 11.9 Å². The van der Waals surface area contributed by atoms with E-state index < -0.39 is 42.2 Å². The highest BCUT2D eigenvalue weighted by Crippen LogP contribution is 2.38. The Bertz CT molecular complexity index is 1560. The molecule has 1 saturated carbocycles. The van der Waals surface area contributed by atoms with Crippen molar-refractivity contribution in [3.8, 4) is 16.9 Å². The van der Waals surface area contributed by atoms with Crippen LogP contribution in [0.3, 0.4) is 0 Å². The first-order valence-electron chi connectivity index (χ1n) is 19.2. The van der Waals surface area contributed by atoms with Gasteiger partial charge in [0, 0.05) is 0 Å². The zero-order chi connectivity index (χ0) is 35.6. The van der Waals surface area contributed by atoms with Crippen LogP contribution in [0.4, 0.5) is 4.39 Å². The molecule has 0 unspecified atom stereocenters. The number of halogens is 1. The van der Waals surface area contributed by atoms with Gasteiger partial charge in [0.25, 0.3) is 0 Å². The summed E-state index contributed by atoms with van der Waals surface area (Å²) in [6.07, 6.45) is 12.3. The average molecular weight is 701 g/mol. The predicted octanol–water partition coefficient (Wildman–Crippen LogP) is 9.85. The van der Waals surface area contributed by atoms with E-state index in [0.717, 1.165) is 37.2 Å². The third-order valence-corrected chi connectivity index (χ3v) is 10.8. The number of hydrogen-bond acceptors (Lipinski definition) is 7. The fraction of sp³-hybridized carbons (Fsp3) is 0.535. The fourth-order valence-electron chi connectivity index (χ4n) is 7.71.